The molecule has 19 heavy (non-hydrogen) atoms. The summed E-state index contributed by atoms with van der Waals surface area (Å²) in [6.07, 6.45) is 10.8. The third-order valence-corrected chi connectivity index (χ3v) is 5.95. The van der Waals surface area contributed by atoms with Crippen molar-refractivity contribution in [2.45, 2.75) is 56.3 Å². The van der Waals surface area contributed by atoms with Gasteiger partial charge in [-0.25, -0.2) is 0 Å². The Labute approximate surface area is 128 Å². The van der Waals surface area contributed by atoms with Crippen LogP contribution in [0.2, 0.25) is 0 Å². The first-order chi connectivity index (χ1) is 9.25. The van der Waals surface area contributed by atoms with E-state index in [1.165, 1.54) is 44.9 Å². The van der Waals surface area contributed by atoms with E-state index in [1.807, 2.05) is 24.3 Å². The number of hydrogen-bond acceptors (Lipinski definition) is 1. The summed E-state index contributed by atoms with van der Waals surface area (Å²) in [5.74, 6) is 1.63. The van der Waals surface area contributed by atoms with Crippen molar-refractivity contribution in [3.8, 4) is 0 Å². The highest BCUT2D eigenvalue weighted by Crippen LogP contribution is 2.26. The molecule has 0 heterocycles. The highest BCUT2D eigenvalue weighted by Gasteiger charge is 2.16. The smallest absolute Gasteiger partial charge is 0.152 e. The molecule has 106 valence electrons. The van der Waals surface area contributed by atoms with E-state index in [0.29, 0.717) is 0 Å². The predicted molar refractivity (Wildman–Crippen MR) is 85.8 cm³/mol. The minimum Gasteiger partial charge on any atom is -0.611 e. The molecule has 1 aliphatic carbocycles. The fourth-order valence-corrected chi connectivity index (χ4v) is 4.29. The highest BCUT2D eigenvalue weighted by molar-refractivity contribution is 9.10. The first-order valence-corrected chi connectivity index (χ1v) is 9.51. The van der Waals surface area contributed by atoms with Crippen LogP contribution in [0.4, 0.5) is 0 Å². The molecule has 0 aliphatic heterocycles. The van der Waals surface area contributed by atoms with Crippen molar-refractivity contribution in [1.29, 1.82) is 0 Å². The summed E-state index contributed by atoms with van der Waals surface area (Å²) < 4.78 is 13.3. The van der Waals surface area contributed by atoms with E-state index in [1.54, 1.807) is 0 Å². The molecule has 0 amide bonds. The van der Waals surface area contributed by atoms with Gasteiger partial charge in [-0.1, -0.05) is 60.9 Å². The van der Waals surface area contributed by atoms with Crippen LogP contribution in [0.5, 0.6) is 0 Å². The van der Waals surface area contributed by atoms with E-state index >= 15 is 0 Å². The second kappa shape index (κ2) is 8.33. The monoisotopic (exact) mass is 342 g/mol. The lowest BCUT2D eigenvalue weighted by molar-refractivity contribution is 0.369. The Morgan fingerprint density at radius 3 is 2.21 bits per heavy atom. The van der Waals surface area contributed by atoms with Crippen LogP contribution in [0.1, 0.15) is 51.4 Å². The Kier molecular flexibility index (Phi) is 6.75. The Morgan fingerprint density at radius 1 is 1.00 bits per heavy atom. The Bertz CT molecular complexity index is 358. The zero-order valence-electron chi connectivity index (χ0n) is 11.4. The zero-order chi connectivity index (χ0) is 13.5. The van der Waals surface area contributed by atoms with Gasteiger partial charge in [0.25, 0.3) is 0 Å². The molecule has 0 spiro atoms. The molecule has 1 aromatic rings. The van der Waals surface area contributed by atoms with Crippen molar-refractivity contribution in [2.24, 2.45) is 5.92 Å². The standard InChI is InChI=1S/C16H23BrOS/c17-15-8-10-16(11-9-15)19(18)13-12-14-6-4-2-1-3-5-7-14/h8-11,14H,1-7,12-13H2. The second-order valence-corrected chi connectivity index (χ2v) is 7.99. The first kappa shape index (κ1) is 15.4. The van der Waals surface area contributed by atoms with Crippen molar-refractivity contribution >= 4 is 27.1 Å². The molecule has 0 saturated heterocycles. The molecule has 1 saturated carbocycles. The van der Waals surface area contributed by atoms with E-state index in [-0.39, 0.29) is 0 Å². The highest BCUT2D eigenvalue weighted by atomic mass is 79.9. The summed E-state index contributed by atoms with van der Waals surface area (Å²) in [6.45, 7) is 0. The van der Waals surface area contributed by atoms with Gasteiger partial charge in [0.2, 0.25) is 0 Å². The van der Waals surface area contributed by atoms with Gasteiger partial charge in [-0.2, -0.15) is 0 Å². The van der Waals surface area contributed by atoms with Crippen LogP contribution < -0.4 is 0 Å². The second-order valence-electron chi connectivity index (χ2n) is 5.50. The first-order valence-electron chi connectivity index (χ1n) is 7.39. The summed E-state index contributed by atoms with van der Waals surface area (Å²) in [6, 6.07) is 7.89. The Hall–Kier alpha value is 0.01000. The van der Waals surface area contributed by atoms with Crippen molar-refractivity contribution in [1.82, 2.24) is 0 Å². The molecule has 3 heteroatoms. The molecule has 1 unspecified atom stereocenters. The number of benzene rings is 1. The number of hydrogen-bond donors (Lipinski definition) is 0. The van der Waals surface area contributed by atoms with Crippen LogP contribution in [0.25, 0.3) is 0 Å². The van der Waals surface area contributed by atoms with E-state index in [0.717, 1.165) is 27.5 Å². The predicted octanol–water partition coefficient (Wildman–Crippen LogP) is 5.31. The lowest BCUT2D eigenvalue weighted by atomic mass is 9.89. The minimum atomic E-state index is -0.824. The molecule has 1 atom stereocenters. The van der Waals surface area contributed by atoms with Gasteiger partial charge in [0.15, 0.2) is 4.90 Å². The molecule has 1 nitrogen and oxygen atoms in total. The van der Waals surface area contributed by atoms with Crippen molar-refractivity contribution in [3.05, 3.63) is 28.7 Å². The summed E-state index contributed by atoms with van der Waals surface area (Å²) in [5.41, 5.74) is 0. The SMILES string of the molecule is [O-][S+](CCC1CCCCCCC1)c1ccc(Br)cc1. The lowest BCUT2D eigenvalue weighted by Gasteiger charge is -2.20. The van der Waals surface area contributed by atoms with Crippen LogP contribution in [0, 0.1) is 5.92 Å². The number of rotatable bonds is 4. The molecule has 0 radical (unpaired) electrons. The molecular weight excluding hydrogens is 320 g/mol. The van der Waals surface area contributed by atoms with Gasteiger partial charge in [0.05, 0.1) is 0 Å². The maximum absolute atomic E-state index is 12.2. The van der Waals surface area contributed by atoms with Crippen molar-refractivity contribution in [3.63, 3.8) is 0 Å². The molecular formula is C16H23BrOS. The molecule has 0 bridgehead atoms. The maximum atomic E-state index is 12.2. The topological polar surface area (TPSA) is 23.1 Å². The lowest BCUT2D eigenvalue weighted by Crippen LogP contribution is -2.13. The van der Waals surface area contributed by atoms with Crippen LogP contribution in [0.15, 0.2) is 33.6 Å². The minimum absolute atomic E-state index is 0.805. The molecule has 0 N–H and O–H groups in total. The van der Waals surface area contributed by atoms with Gasteiger partial charge in [0.1, 0.15) is 5.75 Å². The van der Waals surface area contributed by atoms with Gasteiger partial charge in [-0.05, 0) is 47.8 Å². The van der Waals surface area contributed by atoms with E-state index in [4.69, 9.17) is 0 Å². The molecule has 1 fully saturated rings. The molecule has 0 aromatic heterocycles. The third kappa shape index (κ3) is 5.49. The van der Waals surface area contributed by atoms with Crippen molar-refractivity contribution < 1.29 is 4.55 Å². The maximum Gasteiger partial charge on any atom is 0.152 e. The van der Waals surface area contributed by atoms with Gasteiger partial charge in [-0.3, -0.25) is 0 Å². The summed E-state index contributed by atoms with van der Waals surface area (Å²) in [5, 5.41) is 0. The summed E-state index contributed by atoms with van der Waals surface area (Å²) in [4.78, 5) is 0.967. The Morgan fingerprint density at radius 2 is 1.58 bits per heavy atom. The fraction of sp³-hybridized carbons (Fsp3) is 0.625. The summed E-state index contributed by atoms with van der Waals surface area (Å²) in [7, 11) is 0. The molecule has 2 rings (SSSR count). The summed E-state index contributed by atoms with van der Waals surface area (Å²) >= 11 is 2.59. The Balaban J connectivity index is 1.78. The molecule has 1 aromatic carbocycles. The molecule has 1 aliphatic rings. The van der Waals surface area contributed by atoms with Crippen LogP contribution >= 0.6 is 15.9 Å². The average molecular weight is 343 g/mol. The largest absolute Gasteiger partial charge is 0.611 e. The average Bonchev–Trinajstić information content (AvgIpc) is 2.38. The van der Waals surface area contributed by atoms with Crippen LogP contribution in [-0.2, 0) is 11.2 Å². The van der Waals surface area contributed by atoms with Gasteiger partial charge >= 0.3 is 0 Å². The fourth-order valence-electron chi connectivity index (χ4n) is 2.81. The van der Waals surface area contributed by atoms with E-state index < -0.39 is 11.2 Å². The van der Waals surface area contributed by atoms with Crippen molar-refractivity contribution in [2.75, 3.05) is 5.75 Å². The van der Waals surface area contributed by atoms with E-state index in [2.05, 4.69) is 15.9 Å². The third-order valence-electron chi connectivity index (χ3n) is 4.01. The van der Waals surface area contributed by atoms with Crippen LogP contribution in [0.3, 0.4) is 0 Å². The normalized spacial score (nSPS) is 19.7. The van der Waals surface area contributed by atoms with E-state index in [9.17, 15) is 4.55 Å². The van der Waals surface area contributed by atoms with Gasteiger partial charge in [-0.15, -0.1) is 0 Å². The van der Waals surface area contributed by atoms with Gasteiger partial charge < -0.3 is 4.55 Å². The van der Waals surface area contributed by atoms with Crippen LogP contribution in [-0.4, -0.2) is 10.3 Å². The quantitative estimate of drug-likeness (QED) is 0.680. The number of halogens is 1. The zero-order valence-corrected chi connectivity index (χ0v) is 13.8. The van der Waals surface area contributed by atoms with Gasteiger partial charge in [0, 0.05) is 4.47 Å².